The van der Waals surface area contributed by atoms with E-state index in [9.17, 15) is 9.59 Å². The highest BCUT2D eigenvalue weighted by Crippen LogP contribution is 2.27. The number of likely N-dealkylation sites (N-methyl/N-ethyl adjacent to an activating group) is 1. The van der Waals surface area contributed by atoms with Crippen LogP contribution in [0.2, 0.25) is 0 Å². The lowest BCUT2D eigenvalue weighted by molar-refractivity contribution is -0.122. The van der Waals surface area contributed by atoms with Crippen molar-refractivity contribution in [1.29, 1.82) is 0 Å². The summed E-state index contributed by atoms with van der Waals surface area (Å²) in [5.74, 6) is 0.344. The van der Waals surface area contributed by atoms with Gasteiger partial charge in [0, 0.05) is 16.9 Å². The van der Waals surface area contributed by atoms with Gasteiger partial charge in [0.25, 0.3) is 0 Å². The number of hydrogen-bond acceptors (Lipinski definition) is 4. The van der Waals surface area contributed by atoms with Crippen LogP contribution in [0.15, 0.2) is 78.9 Å². The molecule has 0 aromatic heterocycles. The van der Waals surface area contributed by atoms with Gasteiger partial charge in [-0.15, -0.1) is 0 Å². The molecule has 0 spiro atoms. The molecule has 31 heavy (non-hydrogen) atoms. The van der Waals surface area contributed by atoms with Gasteiger partial charge in [-0.2, -0.15) is 0 Å². The second kappa shape index (κ2) is 10.4. The second-order valence-corrected chi connectivity index (χ2v) is 7.27. The maximum atomic E-state index is 12.8. The van der Waals surface area contributed by atoms with Crippen molar-refractivity contribution in [2.24, 2.45) is 0 Å². The van der Waals surface area contributed by atoms with Crippen LogP contribution in [0, 0.1) is 0 Å². The lowest BCUT2D eigenvalue weighted by Crippen LogP contribution is -2.43. The van der Waals surface area contributed by atoms with E-state index in [4.69, 9.17) is 4.74 Å². The zero-order chi connectivity index (χ0) is 22.2. The standard InChI is InChI=1S/C25H27N3O3/c1-18(28(2)17-24(29)26-20-13-15-21(31-3)16-14-20)25(30)27-23-12-8-7-11-22(23)19-9-5-4-6-10-19/h4-16,18H,17H2,1-3H3,(H,26,29)(H,27,30)/t18-/m1/s1. The van der Waals surface area contributed by atoms with E-state index in [1.807, 2.05) is 54.6 Å². The first-order valence-corrected chi connectivity index (χ1v) is 10.1. The third-order valence-electron chi connectivity index (χ3n) is 5.08. The Bertz CT molecular complexity index is 1020. The molecular weight excluding hydrogens is 390 g/mol. The highest BCUT2D eigenvalue weighted by molar-refractivity contribution is 5.99. The second-order valence-electron chi connectivity index (χ2n) is 7.27. The summed E-state index contributed by atoms with van der Waals surface area (Å²) >= 11 is 0. The smallest absolute Gasteiger partial charge is 0.241 e. The summed E-state index contributed by atoms with van der Waals surface area (Å²) in [5.41, 5.74) is 3.39. The molecule has 160 valence electrons. The van der Waals surface area contributed by atoms with Crippen LogP contribution in [0.5, 0.6) is 5.75 Å². The van der Waals surface area contributed by atoms with Crippen molar-refractivity contribution >= 4 is 23.2 Å². The molecule has 0 heterocycles. The summed E-state index contributed by atoms with van der Waals surface area (Å²) in [4.78, 5) is 26.9. The molecule has 0 saturated carbocycles. The van der Waals surface area contributed by atoms with Gasteiger partial charge >= 0.3 is 0 Å². The topological polar surface area (TPSA) is 70.7 Å². The van der Waals surface area contributed by atoms with E-state index >= 15 is 0 Å². The molecule has 3 aromatic rings. The normalized spacial score (nSPS) is 11.6. The van der Waals surface area contributed by atoms with Crippen molar-refractivity contribution in [3.8, 4) is 16.9 Å². The van der Waals surface area contributed by atoms with Crippen molar-refractivity contribution in [2.75, 3.05) is 31.3 Å². The van der Waals surface area contributed by atoms with E-state index in [1.165, 1.54) is 0 Å². The maximum Gasteiger partial charge on any atom is 0.241 e. The Morgan fingerprint density at radius 2 is 1.55 bits per heavy atom. The van der Waals surface area contributed by atoms with E-state index < -0.39 is 6.04 Å². The van der Waals surface area contributed by atoms with Crippen LogP contribution in [-0.4, -0.2) is 43.5 Å². The van der Waals surface area contributed by atoms with Crippen molar-refractivity contribution in [2.45, 2.75) is 13.0 Å². The van der Waals surface area contributed by atoms with Crippen LogP contribution in [0.25, 0.3) is 11.1 Å². The summed E-state index contributed by atoms with van der Waals surface area (Å²) in [6, 6.07) is 24.2. The molecule has 0 radical (unpaired) electrons. The maximum absolute atomic E-state index is 12.8. The summed E-state index contributed by atoms with van der Waals surface area (Å²) in [6.45, 7) is 1.86. The monoisotopic (exact) mass is 417 g/mol. The summed E-state index contributed by atoms with van der Waals surface area (Å²) in [7, 11) is 3.34. The van der Waals surface area contributed by atoms with Gasteiger partial charge in [-0.3, -0.25) is 14.5 Å². The Kier molecular flexibility index (Phi) is 7.40. The predicted molar refractivity (Wildman–Crippen MR) is 124 cm³/mol. The van der Waals surface area contributed by atoms with Crippen molar-refractivity contribution in [3.63, 3.8) is 0 Å². The van der Waals surface area contributed by atoms with E-state index in [2.05, 4.69) is 10.6 Å². The van der Waals surface area contributed by atoms with Crippen molar-refractivity contribution in [3.05, 3.63) is 78.9 Å². The van der Waals surface area contributed by atoms with Crippen molar-refractivity contribution < 1.29 is 14.3 Å². The Hall–Kier alpha value is -3.64. The number of methoxy groups -OCH3 is 1. The number of ether oxygens (including phenoxy) is 1. The van der Waals surface area contributed by atoms with Gasteiger partial charge in [0.05, 0.1) is 19.7 Å². The molecule has 2 N–H and O–H groups in total. The van der Waals surface area contributed by atoms with Crippen LogP contribution in [0.1, 0.15) is 6.92 Å². The molecule has 0 unspecified atom stereocenters. The van der Waals surface area contributed by atoms with E-state index in [0.29, 0.717) is 5.69 Å². The van der Waals surface area contributed by atoms with Gasteiger partial charge in [0.2, 0.25) is 11.8 Å². The zero-order valence-electron chi connectivity index (χ0n) is 18.0. The molecule has 6 heteroatoms. The van der Waals surface area contributed by atoms with Gasteiger partial charge in [0.15, 0.2) is 0 Å². The molecular formula is C25H27N3O3. The van der Waals surface area contributed by atoms with Gasteiger partial charge < -0.3 is 15.4 Å². The van der Waals surface area contributed by atoms with Crippen LogP contribution in [0.4, 0.5) is 11.4 Å². The molecule has 0 aliphatic heterocycles. The molecule has 0 aliphatic carbocycles. The number of anilines is 2. The van der Waals surface area contributed by atoms with E-state index in [1.54, 1.807) is 50.2 Å². The minimum Gasteiger partial charge on any atom is -0.497 e. The highest BCUT2D eigenvalue weighted by atomic mass is 16.5. The number of carbonyl (C=O) groups excluding carboxylic acids is 2. The fourth-order valence-electron chi connectivity index (χ4n) is 3.14. The first-order chi connectivity index (χ1) is 15.0. The van der Waals surface area contributed by atoms with Crippen LogP contribution < -0.4 is 15.4 Å². The Morgan fingerprint density at radius 1 is 0.903 bits per heavy atom. The van der Waals surface area contributed by atoms with Crippen LogP contribution in [-0.2, 0) is 9.59 Å². The predicted octanol–water partition coefficient (Wildman–Crippen LogP) is 4.26. The number of para-hydroxylation sites is 1. The van der Waals surface area contributed by atoms with Gasteiger partial charge in [-0.1, -0.05) is 48.5 Å². The van der Waals surface area contributed by atoms with E-state index in [-0.39, 0.29) is 18.4 Å². The summed E-state index contributed by atoms with van der Waals surface area (Å²) in [6.07, 6.45) is 0. The highest BCUT2D eigenvalue weighted by Gasteiger charge is 2.21. The molecule has 6 nitrogen and oxygen atoms in total. The minimum atomic E-state index is -0.495. The summed E-state index contributed by atoms with van der Waals surface area (Å²) in [5, 5.41) is 5.83. The third-order valence-corrected chi connectivity index (χ3v) is 5.08. The first kappa shape index (κ1) is 22.1. The molecule has 0 saturated heterocycles. The lowest BCUT2D eigenvalue weighted by Gasteiger charge is -2.24. The fourth-order valence-corrected chi connectivity index (χ4v) is 3.14. The number of nitrogens with one attached hydrogen (secondary N) is 2. The van der Waals surface area contributed by atoms with E-state index in [0.717, 1.165) is 22.6 Å². The Labute approximate surface area is 182 Å². The molecule has 0 fully saturated rings. The Morgan fingerprint density at radius 3 is 2.23 bits per heavy atom. The van der Waals surface area contributed by atoms with Gasteiger partial charge in [0.1, 0.15) is 5.75 Å². The summed E-state index contributed by atoms with van der Waals surface area (Å²) < 4.78 is 5.12. The third kappa shape index (κ3) is 5.93. The quantitative estimate of drug-likeness (QED) is 0.575. The van der Waals surface area contributed by atoms with Crippen LogP contribution >= 0.6 is 0 Å². The fraction of sp³-hybridized carbons (Fsp3) is 0.200. The average molecular weight is 418 g/mol. The molecule has 3 rings (SSSR count). The number of nitrogens with zero attached hydrogens (tertiary/aromatic N) is 1. The molecule has 1 atom stereocenters. The van der Waals surface area contributed by atoms with Crippen molar-refractivity contribution in [1.82, 2.24) is 4.90 Å². The first-order valence-electron chi connectivity index (χ1n) is 10.1. The number of rotatable bonds is 8. The van der Waals surface area contributed by atoms with Gasteiger partial charge in [-0.25, -0.2) is 0 Å². The lowest BCUT2D eigenvalue weighted by atomic mass is 10.0. The zero-order valence-corrected chi connectivity index (χ0v) is 18.0. The number of amides is 2. The van der Waals surface area contributed by atoms with Crippen LogP contribution in [0.3, 0.4) is 0 Å². The average Bonchev–Trinajstić information content (AvgIpc) is 2.79. The molecule has 0 bridgehead atoms. The number of carbonyl (C=O) groups is 2. The van der Waals surface area contributed by atoms with Gasteiger partial charge in [-0.05, 0) is 49.9 Å². The number of benzene rings is 3. The largest absolute Gasteiger partial charge is 0.497 e. The molecule has 0 aliphatic rings. The SMILES string of the molecule is COc1ccc(NC(=O)CN(C)[C@H](C)C(=O)Nc2ccccc2-c2ccccc2)cc1. The molecule has 3 aromatic carbocycles. The minimum absolute atomic E-state index is 0.0843. The number of hydrogen-bond donors (Lipinski definition) is 2. The Balaban J connectivity index is 1.60. The molecule has 2 amide bonds.